The van der Waals surface area contributed by atoms with Crippen molar-refractivity contribution in [1.82, 2.24) is 19.8 Å². The summed E-state index contributed by atoms with van der Waals surface area (Å²) < 4.78 is 0. The van der Waals surface area contributed by atoms with Gasteiger partial charge in [-0.05, 0) is 48.5 Å². The van der Waals surface area contributed by atoms with E-state index in [9.17, 15) is 9.59 Å². The first-order chi connectivity index (χ1) is 19.0. The minimum Gasteiger partial charge on any atom is -0.355 e. The number of hydrogen-bond acceptors (Lipinski definition) is 6. The van der Waals surface area contributed by atoms with Crippen molar-refractivity contribution in [1.29, 1.82) is 0 Å². The van der Waals surface area contributed by atoms with Crippen LogP contribution in [0.1, 0.15) is 21.5 Å². The number of hydrogen-bond donors (Lipinski definition) is 2. The number of aromatic nitrogens is 2. The number of carbonyl (C=O) groups excluding carboxylic acids is 1. The Morgan fingerprint density at radius 1 is 0.897 bits per heavy atom. The molecule has 5 aromatic rings. The number of nitrogens with one attached hydrogen (secondary N) is 2. The van der Waals surface area contributed by atoms with E-state index >= 15 is 0 Å². The molecule has 7 nitrogen and oxygen atoms in total. The molecule has 3 aromatic carbocycles. The van der Waals surface area contributed by atoms with Crippen LogP contribution in [0.3, 0.4) is 0 Å². The van der Waals surface area contributed by atoms with Crippen LogP contribution in [0.25, 0.3) is 21.8 Å². The third kappa shape index (κ3) is 5.46. The highest BCUT2D eigenvalue weighted by Crippen LogP contribution is 2.29. The molecule has 1 fully saturated rings. The number of aromatic amines is 1. The molecule has 0 unspecified atom stereocenters. The van der Waals surface area contributed by atoms with Gasteiger partial charge in [0, 0.05) is 72.8 Å². The van der Waals surface area contributed by atoms with Gasteiger partial charge in [0.15, 0.2) is 5.78 Å². The highest BCUT2D eigenvalue weighted by Gasteiger charge is 2.15. The molecule has 7 heteroatoms. The lowest BCUT2D eigenvalue weighted by molar-refractivity contribution is 0.0992. The van der Waals surface area contributed by atoms with E-state index in [0.29, 0.717) is 17.5 Å². The van der Waals surface area contributed by atoms with Crippen LogP contribution in [-0.4, -0.2) is 58.8 Å². The molecule has 0 bridgehead atoms. The largest absolute Gasteiger partial charge is 0.355 e. The molecule has 1 aliphatic heterocycles. The molecular formula is C32H31N5O2. The van der Waals surface area contributed by atoms with E-state index in [-0.39, 0.29) is 11.3 Å². The van der Waals surface area contributed by atoms with Crippen molar-refractivity contribution >= 4 is 39.0 Å². The number of pyridine rings is 2. The number of likely N-dealkylation sites (N-methyl/N-ethyl adjacent to an activating group) is 1. The normalized spacial score (nSPS) is 14.6. The molecule has 0 aliphatic carbocycles. The third-order valence-electron chi connectivity index (χ3n) is 7.47. The molecule has 0 amide bonds. The highest BCUT2D eigenvalue weighted by molar-refractivity contribution is 6.10. The summed E-state index contributed by atoms with van der Waals surface area (Å²) >= 11 is 0. The van der Waals surface area contributed by atoms with Crippen LogP contribution in [0.15, 0.2) is 89.9 Å². The molecule has 0 spiro atoms. The highest BCUT2D eigenvalue weighted by atomic mass is 16.1. The summed E-state index contributed by atoms with van der Waals surface area (Å²) in [7, 11) is 2.16. The molecule has 2 N–H and O–H groups in total. The minimum atomic E-state index is -0.151. The molecule has 3 heterocycles. The van der Waals surface area contributed by atoms with Gasteiger partial charge in [0.25, 0.3) is 5.56 Å². The van der Waals surface area contributed by atoms with Gasteiger partial charge in [-0.3, -0.25) is 14.5 Å². The Bertz CT molecular complexity index is 1700. The minimum absolute atomic E-state index is 0.117. The summed E-state index contributed by atoms with van der Waals surface area (Å²) in [5.41, 5.74) is 5.04. The zero-order chi connectivity index (χ0) is 26.8. The van der Waals surface area contributed by atoms with E-state index in [0.717, 1.165) is 66.0 Å². The summed E-state index contributed by atoms with van der Waals surface area (Å²) in [6.45, 7) is 5.15. The first-order valence-electron chi connectivity index (χ1n) is 13.3. The van der Waals surface area contributed by atoms with E-state index in [2.05, 4.69) is 38.2 Å². The van der Waals surface area contributed by atoms with E-state index in [4.69, 9.17) is 0 Å². The number of carbonyl (C=O) groups is 1. The number of benzene rings is 3. The molecule has 0 radical (unpaired) electrons. The Balaban J connectivity index is 1.16. The Hall–Kier alpha value is -4.33. The number of Topliss-reactive ketones (excluding diaryl/α,β-unsaturated/α-hetero) is 1. The van der Waals surface area contributed by atoms with Crippen LogP contribution in [-0.2, 0) is 13.0 Å². The first kappa shape index (κ1) is 25.0. The predicted octanol–water partition coefficient (Wildman–Crippen LogP) is 4.99. The fourth-order valence-electron chi connectivity index (χ4n) is 5.26. The van der Waals surface area contributed by atoms with Crippen molar-refractivity contribution in [3.63, 3.8) is 0 Å². The maximum absolute atomic E-state index is 13.1. The van der Waals surface area contributed by atoms with Crippen LogP contribution in [0.2, 0.25) is 0 Å². The second-order valence-corrected chi connectivity index (χ2v) is 10.3. The Kier molecular flexibility index (Phi) is 6.92. The van der Waals surface area contributed by atoms with Gasteiger partial charge in [-0.1, -0.05) is 48.5 Å². The van der Waals surface area contributed by atoms with Gasteiger partial charge in [0.05, 0.1) is 5.69 Å². The molecule has 39 heavy (non-hydrogen) atoms. The van der Waals surface area contributed by atoms with Gasteiger partial charge in [0.2, 0.25) is 0 Å². The van der Waals surface area contributed by atoms with Crippen LogP contribution in [0, 0.1) is 0 Å². The number of ketones is 1. The van der Waals surface area contributed by atoms with Gasteiger partial charge in [-0.15, -0.1) is 0 Å². The maximum atomic E-state index is 13.1. The van der Waals surface area contributed by atoms with Crippen molar-refractivity contribution in [2.45, 2.75) is 13.0 Å². The van der Waals surface area contributed by atoms with Gasteiger partial charge < -0.3 is 15.2 Å². The molecule has 1 saturated heterocycles. The van der Waals surface area contributed by atoms with Crippen molar-refractivity contribution in [3.8, 4) is 0 Å². The van der Waals surface area contributed by atoms with Gasteiger partial charge in [0.1, 0.15) is 5.65 Å². The molecule has 2 aromatic heterocycles. The SMILES string of the molecule is CN1CCN(Cc2cccc(C(=O)Cc3ccc(Nc4ccnc5[nH]c(=O)c6ccccc6c45)cc3)c2)CC1. The van der Waals surface area contributed by atoms with Gasteiger partial charge >= 0.3 is 0 Å². The summed E-state index contributed by atoms with van der Waals surface area (Å²) in [6.07, 6.45) is 2.03. The smallest absolute Gasteiger partial charge is 0.257 e. The quantitative estimate of drug-likeness (QED) is 0.234. The lowest BCUT2D eigenvalue weighted by Gasteiger charge is -2.32. The topological polar surface area (TPSA) is 81.3 Å². The van der Waals surface area contributed by atoms with Gasteiger partial charge in [-0.25, -0.2) is 4.98 Å². The Morgan fingerprint density at radius 2 is 1.67 bits per heavy atom. The lowest BCUT2D eigenvalue weighted by Crippen LogP contribution is -2.43. The fraction of sp³-hybridized carbons (Fsp3) is 0.219. The summed E-state index contributed by atoms with van der Waals surface area (Å²) in [6, 6.07) is 25.4. The Morgan fingerprint density at radius 3 is 2.46 bits per heavy atom. The van der Waals surface area contributed by atoms with Crippen LogP contribution in [0.4, 0.5) is 11.4 Å². The second kappa shape index (κ2) is 10.8. The molecule has 0 atom stereocenters. The number of fused-ring (bicyclic) bond motifs is 3. The monoisotopic (exact) mass is 517 g/mol. The zero-order valence-electron chi connectivity index (χ0n) is 22.0. The molecular weight excluding hydrogens is 486 g/mol. The van der Waals surface area contributed by atoms with Crippen molar-refractivity contribution < 1.29 is 4.79 Å². The van der Waals surface area contributed by atoms with E-state index in [1.54, 1.807) is 6.20 Å². The van der Waals surface area contributed by atoms with Crippen LogP contribution in [0.5, 0.6) is 0 Å². The van der Waals surface area contributed by atoms with Crippen LogP contribution < -0.4 is 10.9 Å². The summed E-state index contributed by atoms with van der Waals surface area (Å²) in [5, 5.41) is 5.81. The molecule has 196 valence electrons. The molecule has 1 aliphatic rings. The summed E-state index contributed by atoms with van der Waals surface area (Å²) in [4.78, 5) is 37.6. The number of rotatable bonds is 7. The van der Waals surface area contributed by atoms with Crippen molar-refractivity contribution in [2.75, 3.05) is 38.5 Å². The third-order valence-corrected chi connectivity index (χ3v) is 7.47. The molecule has 0 saturated carbocycles. The van der Waals surface area contributed by atoms with Crippen molar-refractivity contribution in [3.05, 3.63) is 112 Å². The average molecular weight is 518 g/mol. The summed E-state index contributed by atoms with van der Waals surface area (Å²) in [5.74, 6) is 0.117. The lowest BCUT2D eigenvalue weighted by atomic mass is 10.0. The zero-order valence-corrected chi connectivity index (χ0v) is 22.0. The number of anilines is 2. The maximum Gasteiger partial charge on any atom is 0.257 e. The molecule has 6 rings (SSSR count). The average Bonchev–Trinajstić information content (AvgIpc) is 2.96. The van der Waals surface area contributed by atoms with Crippen molar-refractivity contribution in [2.24, 2.45) is 0 Å². The van der Waals surface area contributed by atoms with E-state index in [1.807, 2.05) is 72.8 Å². The Labute approximate surface area is 227 Å². The number of nitrogens with zero attached hydrogens (tertiary/aromatic N) is 3. The number of piperazine rings is 1. The fourth-order valence-corrected chi connectivity index (χ4v) is 5.26. The van der Waals surface area contributed by atoms with Crippen LogP contribution >= 0.6 is 0 Å². The first-order valence-corrected chi connectivity index (χ1v) is 13.3. The standard InChI is InChI=1S/C32H31N5O2/c1-36-15-17-37(18-16-36)21-23-5-4-6-24(19-23)29(38)20-22-9-11-25(12-10-22)34-28-13-14-33-31-30(28)26-7-2-3-8-27(26)32(39)35-31/h2-14,19H,15-18,20-21H2,1H3,(H2,33,34,35,39). The van der Waals surface area contributed by atoms with E-state index < -0.39 is 0 Å². The number of H-pyrrole nitrogens is 1. The van der Waals surface area contributed by atoms with Gasteiger partial charge in [-0.2, -0.15) is 0 Å². The van der Waals surface area contributed by atoms with E-state index in [1.165, 1.54) is 5.56 Å². The second-order valence-electron chi connectivity index (χ2n) is 10.3. The predicted molar refractivity (Wildman–Crippen MR) is 157 cm³/mol.